The first-order chi connectivity index (χ1) is 13.2. The number of hydrogen-bond donors (Lipinski definition) is 2. The molecule has 1 amide bonds. The molecule has 1 fully saturated rings. The number of H-pyrrole nitrogens is 1. The summed E-state index contributed by atoms with van der Waals surface area (Å²) in [5.74, 6) is 0.193. The number of anilines is 2. The van der Waals surface area contributed by atoms with E-state index in [1.807, 2.05) is 23.2 Å². The molecule has 1 saturated heterocycles. The van der Waals surface area contributed by atoms with Gasteiger partial charge >= 0.3 is 0 Å². The number of nitrogens with one attached hydrogen (secondary N) is 2. The zero-order valence-electron chi connectivity index (χ0n) is 15.0. The molecule has 3 aliphatic rings. The Morgan fingerprint density at radius 1 is 1.04 bits per heavy atom. The number of fused-ring (bicyclic) bond motifs is 4. The van der Waals surface area contributed by atoms with Crippen LogP contribution < -0.4 is 10.2 Å². The summed E-state index contributed by atoms with van der Waals surface area (Å²) < 4.78 is 0. The predicted molar refractivity (Wildman–Crippen MR) is 105 cm³/mol. The molecule has 2 aliphatic heterocycles. The van der Waals surface area contributed by atoms with Gasteiger partial charge in [0.2, 0.25) is 0 Å². The van der Waals surface area contributed by atoms with Crippen molar-refractivity contribution in [2.45, 2.75) is 31.2 Å². The number of aromatic nitrogens is 2. The Labute approximate surface area is 157 Å². The summed E-state index contributed by atoms with van der Waals surface area (Å²) in [6.45, 7) is 0.759. The van der Waals surface area contributed by atoms with Crippen molar-refractivity contribution in [1.82, 2.24) is 10.2 Å². The molecule has 134 valence electrons. The van der Waals surface area contributed by atoms with Gasteiger partial charge in [-0.25, -0.2) is 0 Å². The van der Waals surface area contributed by atoms with Crippen LogP contribution in [0.4, 0.5) is 11.4 Å². The largest absolute Gasteiger partial charge is 0.371 e. The second kappa shape index (κ2) is 5.22. The maximum Gasteiger partial charge on any atom is 0.253 e. The van der Waals surface area contributed by atoms with Crippen LogP contribution >= 0.6 is 0 Å². The van der Waals surface area contributed by atoms with Gasteiger partial charge < -0.3 is 10.2 Å². The molecule has 6 rings (SSSR count). The van der Waals surface area contributed by atoms with Gasteiger partial charge in [-0.15, -0.1) is 0 Å². The van der Waals surface area contributed by atoms with Crippen LogP contribution in [0.5, 0.6) is 0 Å². The van der Waals surface area contributed by atoms with Crippen molar-refractivity contribution < 1.29 is 4.79 Å². The van der Waals surface area contributed by atoms with Gasteiger partial charge in [0.15, 0.2) is 0 Å². The average Bonchev–Trinajstić information content (AvgIpc) is 3.39. The van der Waals surface area contributed by atoms with Crippen LogP contribution in [0.1, 0.15) is 23.2 Å². The van der Waals surface area contributed by atoms with Crippen LogP contribution in [0.25, 0.3) is 11.1 Å². The lowest BCUT2D eigenvalue weighted by molar-refractivity contribution is -0.120. The number of hydrogen-bond acceptors (Lipinski definition) is 3. The van der Waals surface area contributed by atoms with Gasteiger partial charge in [0.25, 0.3) is 5.91 Å². The minimum absolute atomic E-state index is 0.193. The topological polar surface area (TPSA) is 61.0 Å². The van der Waals surface area contributed by atoms with Crippen LogP contribution in [0.2, 0.25) is 0 Å². The molecule has 1 aliphatic carbocycles. The van der Waals surface area contributed by atoms with Crippen molar-refractivity contribution in [1.29, 1.82) is 0 Å². The number of aromatic amines is 1. The van der Waals surface area contributed by atoms with Gasteiger partial charge in [0, 0.05) is 36.1 Å². The lowest BCUT2D eigenvalue weighted by atomic mass is 9.89. The summed E-state index contributed by atoms with van der Waals surface area (Å²) in [6.07, 6.45) is 5.51. The number of aryl methyl sites for hydroxylation is 2. The normalized spacial score (nSPS) is 22.5. The third kappa shape index (κ3) is 2.05. The summed E-state index contributed by atoms with van der Waals surface area (Å²) in [6, 6.07) is 14.7. The Morgan fingerprint density at radius 2 is 1.96 bits per heavy atom. The number of carbonyl (C=O) groups excluding carboxylic acids is 1. The van der Waals surface area contributed by atoms with Gasteiger partial charge in [0.05, 0.1) is 5.69 Å². The average molecular weight is 356 g/mol. The summed E-state index contributed by atoms with van der Waals surface area (Å²) >= 11 is 0. The molecular weight excluding hydrogens is 336 g/mol. The molecule has 3 aromatic rings. The van der Waals surface area contributed by atoms with E-state index in [1.54, 1.807) is 0 Å². The number of rotatable bonds is 1. The van der Waals surface area contributed by atoms with Crippen molar-refractivity contribution >= 4 is 17.3 Å². The fourth-order valence-electron chi connectivity index (χ4n) is 4.93. The van der Waals surface area contributed by atoms with E-state index in [0.29, 0.717) is 0 Å². The Bertz CT molecular complexity index is 1060. The highest BCUT2D eigenvalue weighted by Gasteiger charge is 2.50. The van der Waals surface area contributed by atoms with E-state index >= 15 is 0 Å². The van der Waals surface area contributed by atoms with Crippen LogP contribution in [-0.4, -0.2) is 28.2 Å². The molecule has 1 aromatic heterocycles. The molecular formula is C22H20N4O. The zero-order chi connectivity index (χ0) is 18.0. The molecule has 5 heteroatoms. The van der Waals surface area contributed by atoms with E-state index in [-0.39, 0.29) is 5.91 Å². The molecule has 2 N–H and O–H groups in total. The highest BCUT2D eigenvalue weighted by molar-refractivity contribution is 6.06. The molecule has 0 unspecified atom stereocenters. The van der Waals surface area contributed by atoms with Gasteiger partial charge in [0.1, 0.15) is 5.54 Å². The summed E-state index contributed by atoms with van der Waals surface area (Å²) in [5.41, 5.74) is 7.76. The van der Waals surface area contributed by atoms with Crippen LogP contribution in [0.15, 0.2) is 48.7 Å². The summed E-state index contributed by atoms with van der Waals surface area (Å²) in [7, 11) is 0. The molecule has 27 heavy (non-hydrogen) atoms. The number of benzene rings is 2. The van der Waals surface area contributed by atoms with Crippen molar-refractivity contribution in [3.8, 4) is 11.1 Å². The fourth-order valence-corrected chi connectivity index (χ4v) is 4.93. The van der Waals surface area contributed by atoms with E-state index in [9.17, 15) is 4.79 Å². The van der Waals surface area contributed by atoms with Gasteiger partial charge in [-0.2, -0.15) is 5.10 Å². The van der Waals surface area contributed by atoms with Crippen molar-refractivity contribution in [3.05, 3.63) is 65.5 Å². The van der Waals surface area contributed by atoms with Crippen LogP contribution in [0.3, 0.4) is 0 Å². The quantitative estimate of drug-likeness (QED) is 0.703. The predicted octanol–water partition coefficient (Wildman–Crippen LogP) is 3.32. The standard InChI is InChI=1S/C22H20N4O/c27-21-22(12-15-3-1-2-4-19(15)24-22)9-10-26(21)16-6-7-17-14(11-16)5-8-20-18(17)13-23-25-20/h1-4,6-7,11,13,24H,5,8-10,12H2,(H,23,25)/t22-/m0/s1. The van der Waals surface area contributed by atoms with E-state index in [2.05, 4.69) is 45.8 Å². The number of carbonyl (C=O) groups is 1. The number of para-hydroxylation sites is 1. The van der Waals surface area contributed by atoms with Gasteiger partial charge in [-0.3, -0.25) is 9.89 Å². The molecule has 5 nitrogen and oxygen atoms in total. The van der Waals surface area contributed by atoms with Gasteiger partial charge in [-0.05, 0) is 54.2 Å². The zero-order valence-corrected chi connectivity index (χ0v) is 15.0. The third-order valence-electron chi connectivity index (χ3n) is 6.34. The lowest BCUT2D eigenvalue weighted by Gasteiger charge is -2.25. The summed E-state index contributed by atoms with van der Waals surface area (Å²) in [5, 5.41) is 10.8. The lowest BCUT2D eigenvalue weighted by Crippen LogP contribution is -2.45. The van der Waals surface area contributed by atoms with E-state index in [1.165, 1.54) is 22.3 Å². The van der Waals surface area contributed by atoms with Crippen LogP contribution in [0, 0.1) is 0 Å². The third-order valence-corrected chi connectivity index (χ3v) is 6.34. The molecule has 1 spiro atoms. The Kier molecular flexibility index (Phi) is 2.91. The van der Waals surface area contributed by atoms with Crippen LogP contribution in [-0.2, 0) is 24.1 Å². The van der Waals surface area contributed by atoms with E-state index < -0.39 is 5.54 Å². The number of amides is 1. The van der Waals surface area contributed by atoms with Crippen molar-refractivity contribution in [3.63, 3.8) is 0 Å². The minimum Gasteiger partial charge on any atom is -0.371 e. The Hall–Kier alpha value is -3.08. The molecule has 1 atom stereocenters. The molecule has 2 aromatic carbocycles. The second-order valence-corrected chi connectivity index (χ2v) is 7.83. The van der Waals surface area contributed by atoms with Crippen molar-refractivity contribution in [2.75, 3.05) is 16.8 Å². The minimum atomic E-state index is -0.475. The molecule has 0 radical (unpaired) electrons. The highest BCUT2D eigenvalue weighted by Crippen LogP contribution is 2.41. The first kappa shape index (κ1) is 15.0. The maximum absolute atomic E-state index is 13.4. The van der Waals surface area contributed by atoms with E-state index in [0.717, 1.165) is 49.3 Å². The number of nitrogens with zero attached hydrogens (tertiary/aromatic N) is 2. The molecule has 3 heterocycles. The maximum atomic E-state index is 13.4. The Balaban J connectivity index is 1.33. The van der Waals surface area contributed by atoms with Gasteiger partial charge in [-0.1, -0.05) is 24.3 Å². The monoisotopic (exact) mass is 356 g/mol. The highest BCUT2D eigenvalue weighted by atomic mass is 16.2. The smallest absolute Gasteiger partial charge is 0.253 e. The molecule has 0 saturated carbocycles. The first-order valence-electron chi connectivity index (χ1n) is 9.58. The SMILES string of the molecule is O=C1N(c2ccc3c(c2)CCc2n[nH]cc2-3)CC[C@]12Cc1ccccc1N2. The fraction of sp³-hybridized carbons (Fsp3) is 0.273. The Morgan fingerprint density at radius 3 is 2.89 bits per heavy atom. The van der Waals surface area contributed by atoms with Crippen molar-refractivity contribution in [2.24, 2.45) is 0 Å². The summed E-state index contributed by atoms with van der Waals surface area (Å²) in [4.78, 5) is 15.3. The molecule has 0 bridgehead atoms. The first-order valence-corrected chi connectivity index (χ1v) is 9.58. The van der Waals surface area contributed by atoms with E-state index in [4.69, 9.17) is 0 Å². The second-order valence-electron chi connectivity index (χ2n) is 7.83.